The van der Waals surface area contributed by atoms with Crippen LogP contribution in [0.5, 0.6) is 0 Å². The molecule has 1 heterocycles. The molecule has 3 rings (SSSR count). The van der Waals surface area contributed by atoms with Crippen molar-refractivity contribution in [3.63, 3.8) is 0 Å². The van der Waals surface area contributed by atoms with E-state index in [1.807, 2.05) is 19.1 Å². The molecule has 0 bridgehead atoms. The second kappa shape index (κ2) is 7.25. The fourth-order valence-electron chi connectivity index (χ4n) is 2.80. The molecule has 0 aliphatic rings. The Morgan fingerprint density at radius 1 is 1.12 bits per heavy atom. The Bertz CT molecular complexity index is 1080. The lowest BCUT2D eigenvalue weighted by Gasteiger charge is -2.10. The maximum atomic E-state index is 12.7. The third kappa shape index (κ3) is 3.68. The van der Waals surface area contributed by atoms with Crippen molar-refractivity contribution >= 4 is 37.3 Å². The van der Waals surface area contributed by atoms with Gasteiger partial charge in [0.1, 0.15) is 0 Å². The van der Waals surface area contributed by atoms with E-state index in [9.17, 15) is 13.2 Å². The van der Waals surface area contributed by atoms with Crippen LogP contribution in [0.3, 0.4) is 0 Å². The van der Waals surface area contributed by atoms with Crippen molar-refractivity contribution in [2.24, 2.45) is 0 Å². The standard InChI is InChI=1S/C19H22N2O3S2/c1-4-11-21-17-10-9-16(12-18(17)25-19(21)22)26(23,24)20-15-7-5-14(6-8-15)13(2)3/h5-10,12-13,20H,4,11H2,1-3H3. The summed E-state index contributed by atoms with van der Waals surface area (Å²) in [6, 6.07) is 12.2. The highest BCUT2D eigenvalue weighted by atomic mass is 32.2. The summed E-state index contributed by atoms with van der Waals surface area (Å²) in [6.45, 7) is 6.81. The number of aromatic nitrogens is 1. The second-order valence-corrected chi connectivity index (χ2v) is 9.21. The minimum Gasteiger partial charge on any atom is -0.299 e. The van der Waals surface area contributed by atoms with Gasteiger partial charge in [0.15, 0.2) is 0 Å². The number of benzene rings is 2. The van der Waals surface area contributed by atoms with Gasteiger partial charge in [-0.3, -0.25) is 14.1 Å². The first-order chi connectivity index (χ1) is 12.3. The maximum absolute atomic E-state index is 12.7. The van der Waals surface area contributed by atoms with Crippen molar-refractivity contribution in [3.05, 3.63) is 57.7 Å². The summed E-state index contributed by atoms with van der Waals surface area (Å²) in [5.41, 5.74) is 2.45. The Balaban J connectivity index is 1.92. The summed E-state index contributed by atoms with van der Waals surface area (Å²) in [5, 5.41) is 0. The van der Waals surface area contributed by atoms with Gasteiger partial charge in [0.25, 0.3) is 10.0 Å². The number of thiazole rings is 1. The molecule has 0 aliphatic heterocycles. The van der Waals surface area contributed by atoms with Gasteiger partial charge in [0.05, 0.1) is 15.1 Å². The lowest BCUT2D eigenvalue weighted by atomic mass is 10.0. The highest BCUT2D eigenvalue weighted by molar-refractivity contribution is 7.92. The van der Waals surface area contributed by atoms with E-state index < -0.39 is 10.0 Å². The first-order valence-corrected chi connectivity index (χ1v) is 10.9. The number of hydrogen-bond acceptors (Lipinski definition) is 4. The van der Waals surface area contributed by atoms with Gasteiger partial charge >= 0.3 is 4.87 Å². The average molecular weight is 391 g/mol. The zero-order chi connectivity index (χ0) is 18.9. The molecule has 138 valence electrons. The van der Waals surface area contributed by atoms with E-state index in [0.717, 1.165) is 28.8 Å². The van der Waals surface area contributed by atoms with Crippen molar-refractivity contribution in [1.82, 2.24) is 4.57 Å². The Labute approximate surface area is 157 Å². The number of nitrogens with zero attached hydrogens (tertiary/aromatic N) is 1. The molecule has 0 saturated heterocycles. The number of rotatable bonds is 6. The van der Waals surface area contributed by atoms with Crippen LogP contribution in [0.1, 0.15) is 38.7 Å². The molecule has 0 radical (unpaired) electrons. The summed E-state index contributed by atoms with van der Waals surface area (Å²) in [7, 11) is -3.71. The van der Waals surface area contributed by atoms with E-state index in [1.54, 1.807) is 34.9 Å². The molecule has 0 saturated carbocycles. The number of hydrogen-bond donors (Lipinski definition) is 1. The van der Waals surface area contributed by atoms with Crippen molar-refractivity contribution in [2.75, 3.05) is 4.72 Å². The second-order valence-electron chi connectivity index (χ2n) is 6.53. The van der Waals surface area contributed by atoms with Crippen molar-refractivity contribution in [3.8, 4) is 0 Å². The topological polar surface area (TPSA) is 68.2 Å². The molecule has 26 heavy (non-hydrogen) atoms. The van der Waals surface area contributed by atoms with Crippen LogP contribution in [0.15, 0.2) is 52.2 Å². The SMILES string of the molecule is CCCn1c(=O)sc2cc(S(=O)(=O)Nc3ccc(C(C)C)cc3)ccc21. The van der Waals surface area contributed by atoms with E-state index >= 15 is 0 Å². The third-order valence-electron chi connectivity index (χ3n) is 4.23. The summed E-state index contributed by atoms with van der Waals surface area (Å²) in [5.74, 6) is 0.387. The molecule has 0 unspecified atom stereocenters. The van der Waals surface area contributed by atoms with Gasteiger partial charge in [0.2, 0.25) is 0 Å². The summed E-state index contributed by atoms with van der Waals surface area (Å²) in [6.07, 6.45) is 0.847. The monoisotopic (exact) mass is 390 g/mol. The summed E-state index contributed by atoms with van der Waals surface area (Å²) >= 11 is 1.08. The van der Waals surface area contributed by atoms with Crippen molar-refractivity contribution in [2.45, 2.75) is 44.6 Å². The minimum absolute atomic E-state index is 0.0615. The van der Waals surface area contributed by atoms with E-state index in [0.29, 0.717) is 22.8 Å². The molecule has 0 spiro atoms. The average Bonchev–Trinajstić information content (AvgIpc) is 2.90. The number of nitrogens with one attached hydrogen (secondary N) is 1. The van der Waals surface area contributed by atoms with Crippen molar-refractivity contribution < 1.29 is 8.42 Å². The summed E-state index contributed by atoms with van der Waals surface area (Å²) < 4.78 is 30.4. The van der Waals surface area contributed by atoms with Gasteiger partial charge in [0, 0.05) is 12.2 Å². The Morgan fingerprint density at radius 2 is 1.81 bits per heavy atom. The van der Waals surface area contributed by atoms with E-state index in [2.05, 4.69) is 18.6 Å². The fraction of sp³-hybridized carbons (Fsp3) is 0.316. The number of fused-ring (bicyclic) bond motifs is 1. The Morgan fingerprint density at radius 3 is 2.42 bits per heavy atom. The van der Waals surface area contributed by atoms with Crippen molar-refractivity contribution in [1.29, 1.82) is 0 Å². The van der Waals surface area contributed by atoms with Crippen LogP contribution in [-0.2, 0) is 16.6 Å². The van der Waals surface area contributed by atoms with Gasteiger partial charge < -0.3 is 0 Å². The molecular weight excluding hydrogens is 368 g/mol. The van der Waals surface area contributed by atoms with Gasteiger partial charge in [-0.15, -0.1) is 0 Å². The van der Waals surface area contributed by atoms with Gasteiger partial charge in [-0.2, -0.15) is 0 Å². The van der Waals surface area contributed by atoms with Crippen LogP contribution in [0.2, 0.25) is 0 Å². The number of aryl methyl sites for hydroxylation is 1. The Kier molecular flexibility index (Phi) is 5.20. The molecule has 7 heteroatoms. The predicted molar refractivity (Wildman–Crippen MR) is 108 cm³/mol. The largest absolute Gasteiger partial charge is 0.308 e. The van der Waals surface area contributed by atoms with Crippen LogP contribution in [0, 0.1) is 0 Å². The predicted octanol–water partition coefficient (Wildman–Crippen LogP) is 4.40. The van der Waals surface area contributed by atoms with Crippen LogP contribution in [0.4, 0.5) is 5.69 Å². The molecule has 0 atom stereocenters. The lowest BCUT2D eigenvalue weighted by Crippen LogP contribution is -2.13. The molecule has 2 aromatic carbocycles. The fourth-order valence-corrected chi connectivity index (χ4v) is 4.92. The smallest absolute Gasteiger partial charge is 0.299 e. The molecule has 5 nitrogen and oxygen atoms in total. The zero-order valence-electron chi connectivity index (χ0n) is 15.0. The zero-order valence-corrected chi connectivity index (χ0v) is 16.7. The Hall–Kier alpha value is -2.12. The number of sulfonamides is 1. The molecule has 1 aromatic heterocycles. The lowest BCUT2D eigenvalue weighted by molar-refractivity contribution is 0.601. The third-order valence-corrected chi connectivity index (χ3v) is 6.55. The van der Waals surface area contributed by atoms with E-state index in [-0.39, 0.29) is 9.77 Å². The van der Waals surface area contributed by atoms with Crippen LogP contribution >= 0.6 is 11.3 Å². The molecule has 0 aliphatic carbocycles. The normalized spacial score (nSPS) is 12.0. The van der Waals surface area contributed by atoms with Crippen LogP contribution in [0.25, 0.3) is 10.2 Å². The minimum atomic E-state index is -3.71. The first-order valence-electron chi connectivity index (χ1n) is 8.58. The highest BCUT2D eigenvalue weighted by Crippen LogP contribution is 2.24. The van der Waals surface area contributed by atoms with Gasteiger partial charge in [-0.05, 0) is 48.2 Å². The highest BCUT2D eigenvalue weighted by Gasteiger charge is 2.17. The van der Waals surface area contributed by atoms with Crippen LogP contribution in [-0.4, -0.2) is 13.0 Å². The molecule has 0 fully saturated rings. The molecule has 0 amide bonds. The quantitative estimate of drug-likeness (QED) is 0.678. The molecule has 1 N–H and O–H groups in total. The van der Waals surface area contributed by atoms with Crippen LogP contribution < -0.4 is 9.60 Å². The summed E-state index contributed by atoms with van der Waals surface area (Å²) in [4.78, 5) is 12.2. The van der Waals surface area contributed by atoms with Gasteiger partial charge in [-0.25, -0.2) is 8.42 Å². The first kappa shape index (κ1) is 18.7. The van der Waals surface area contributed by atoms with E-state index in [4.69, 9.17) is 0 Å². The van der Waals surface area contributed by atoms with E-state index in [1.165, 1.54) is 0 Å². The molecule has 3 aromatic rings. The maximum Gasteiger partial charge on any atom is 0.308 e. The molecular formula is C19H22N2O3S2. The van der Waals surface area contributed by atoms with Gasteiger partial charge in [-0.1, -0.05) is 44.2 Å². The number of anilines is 1.